The highest BCUT2D eigenvalue weighted by Crippen LogP contribution is 2.18. The van der Waals surface area contributed by atoms with Gasteiger partial charge in [0.25, 0.3) is 0 Å². The number of hydrogen-bond donors (Lipinski definition) is 4. The molecule has 3 atom stereocenters. The number of amides is 1. The average molecular weight is 832 g/mol. The lowest BCUT2D eigenvalue weighted by Gasteiger charge is -2.23. The van der Waals surface area contributed by atoms with Crippen LogP contribution in [0.5, 0.6) is 0 Å². The van der Waals surface area contributed by atoms with Crippen LogP contribution in [0.2, 0.25) is 0 Å². The van der Waals surface area contributed by atoms with Crippen LogP contribution in [0.1, 0.15) is 290 Å². The van der Waals surface area contributed by atoms with Gasteiger partial charge in [-0.3, -0.25) is 4.79 Å². The normalized spacial score (nSPS) is 13.5. The summed E-state index contributed by atoms with van der Waals surface area (Å²) >= 11 is 0. The molecule has 0 fully saturated rings. The summed E-state index contributed by atoms with van der Waals surface area (Å²) in [6, 6.07) is -0.658. The van der Waals surface area contributed by atoms with Crippen molar-refractivity contribution in [3.05, 3.63) is 24.3 Å². The van der Waals surface area contributed by atoms with Crippen LogP contribution in [0.4, 0.5) is 0 Å². The fourth-order valence-electron chi connectivity index (χ4n) is 8.50. The molecule has 1 amide bonds. The number of allylic oxidation sites excluding steroid dienone is 4. The van der Waals surface area contributed by atoms with E-state index in [2.05, 4.69) is 43.5 Å². The van der Waals surface area contributed by atoms with Gasteiger partial charge in [-0.15, -0.1) is 0 Å². The molecule has 0 aromatic carbocycles. The van der Waals surface area contributed by atoms with Crippen LogP contribution in [-0.2, 0) is 4.79 Å². The average Bonchev–Trinajstić information content (AvgIpc) is 3.23. The first-order valence-corrected chi connectivity index (χ1v) is 26.6. The quantitative estimate of drug-likeness (QED) is 0.0363. The molecule has 0 heterocycles. The summed E-state index contributed by atoms with van der Waals surface area (Å²) in [5.74, 6) is -0.280. The number of aliphatic hydroxyl groups excluding tert-OH is 3. The second-order valence-electron chi connectivity index (χ2n) is 18.5. The summed E-state index contributed by atoms with van der Waals surface area (Å²) in [5, 5.41) is 33.6. The van der Waals surface area contributed by atoms with Gasteiger partial charge in [0.05, 0.1) is 31.3 Å². The molecule has 0 aromatic heterocycles. The number of rotatable bonds is 49. The van der Waals surface area contributed by atoms with Crippen molar-refractivity contribution in [3.8, 4) is 0 Å². The maximum absolute atomic E-state index is 12.5. The van der Waals surface area contributed by atoms with E-state index in [0.717, 1.165) is 38.5 Å². The lowest BCUT2D eigenvalue weighted by molar-refractivity contribution is -0.125. The Labute approximate surface area is 369 Å². The molecule has 0 bridgehead atoms. The number of carbonyl (C=O) groups excluding carboxylic acids is 1. The summed E-state index contributed by atoms with van der Waals surface area (Å²) < 4.78 is 0. The van der Waals surface area contributed by atoms with Crippen LogP contribution in [-0.4, -0.2) is 46.1 Å². The van der Waals surface area contributed by atoms with Crippen LogP contribution in [0.25, 0.3) is 0 Å². The van der Waals surface area contributed by atoms with Gasteiger partial charge in [-0.2, -0.15) is 0 Å². The van der Waals surface area contributed by atoms with E-state index in [4.69, 9.17) is 0 Å². The standard InChI is InChI=1S/C54H105NO4/c1-3-5-7-9-11-13-15-17-19-21-23-24-25-26-27-28-30-32-34-36-38-40-42-44-46-48-53(58)52(50-56)55-54(59)49-51(57)47-45-43-41-39-37-35-33-31-29-22-20-18-16-14-12-10-8-6-4-2/h6,8,12,14,51-53,56-58H,3-5,7,9-11,13,15-50H2,1-2H3,(H,55,59)/b8-6-,14-12-. The SMILES string of the molecule is CC/C=C\C/C=C\CCCCCCCCCCCCCCC(O)CC(=O)NC(CO)C(O)CCCCCCCCCCCCCCCCCCCCCCCCCCC. The molecule has 0 aliphatic carbocycles. The smallest absolute Gasteiger partial charge is 0.222 e. The zero-order valence-corrected chi connectivity index (χ0v) is 39.9. The molecule has 0 rings (SSSR count). The van der Waals surface area contributed by atoms with Crippen molar-refractivity contribution in [3.63, 3.8) is 0 Å². The molecule has 59 heavy (non-hydrogen) atoms. The largest absolute Gasteiger partial charge is 0.394 e. The van der Waals surface area contributed by atoms with Crippen molar-refractivity contribution < 1.29 is 20.1 Å². The minimum Gasteiger partial charge on any atom is -0.394 e. The Bertz CT molecular complexity index is 874. The van der Waals surface area contributed by atoms with Crippen LogP contribution in [0.15, 0.2) is 24.3 Å². The fraction of sp³-hybridized carbons (Fsp3) is 0.907. The molecule has 0 saturated heterocycles. The Kier molecular flexibility index (Phi) is 48.5. The summed E-state index contributed by atoms with van der Waals surface area (Å²) in [7, 11) is 0. The van der Waals surface area contributed by atoms with E-state index in [1.54, 1.807) is 0 Å². The van der Waals surface area contributed by atoms with Crippen LogP contribution in [0, 0.1) is 0 Å². The second kappa shape index (κ2) is 49.5. The van der Waals surface area contributed by atoms with E-state index < -0.39 is 18.2 Å². The molecule has 0 aliphatic heterocycles. The van der Waals surface area contributed by atoms with Crippen molar-refractivity contribution in [2.24, 2.45) is 0 Å². The molecular weight excluding hydrogens is 727 g/mol. The molecule has 350 valence electrons. The minimum absolute atomic E-state index is 0.0378. The highest BCUT2D eigenvalue weighted by atomic mass is 16.3. The number of carbonyl (C=O) groups is 1. The van der Waals surface area contributed by atoms with Gasteiger partial charge in [-0.05, 0) is 38.5 Å². The maximum Gasteiger partial charge on any atom is 0.222 e. The van der Waals surface area contributed by atoms with Crippen molar-refractivity contribution in [2.75, 3.05) is 6.61 Å². The van der Waals surface area contributed by atoms with Gasteiger partial charge in [-0.25, -0.2) is 0 Å². The van der Waals surface area contributed by atoms with Gasteiger partial charge in [0.1, 0.15) is 0 Å². The van der Waals surface area contributed by atoms with Crippen molar-refractivity contribution in [1.29, 1.82) is 0 Å². The van der Waals surface area contributed by atoms with Crippen LogP contribution in [0.3, 0.4) is 0 Å². The third kappa shape index (κ3) is 46.2. The van der Waals surface area contributed by atoms with Gasteiger partial charge in [0.2, 0.25) is 5.91 Å². The lowest BCUT2D eigenvalue weighted by atomic mass is 10.0. The molecule has 5 heteroatoms. The predicted octanol–water partition coefficient (Wildman–Crippen LogP) is 16.1. The van der Waals surface area contributed by atoms with E-state index in [1.165, 1.54) is 218 Å². The van der Waals surface area contributed by atoms with Gasteiger partial charge in [-0.1, -0.05) is 269 Å². The Balaban J connectivity index is 3.52. The molecular formula is C54H105NO4. The van der Waals surface area contributed by atoms with E-state index >= 15 is 0 Å². The van der Waals surface area contributed by atoms with Crippen molar-refractivity contribution >= 4 is 5.91 Å². The predicted molar refractivity (Wildman–Crippen MR) is 259 cm³/mol. The van der Waals surface area contributed by atoms with Gasteiger partial charge in [0, 0.05) is 0 Å². The zero-order chi connectivity index (χ0) is 43.0. The zero-order valence-electron chi connectivity index (χ0n) is 39.9. The van der Waals surface area contributed by atoms with Gasteiger partial charge >= 0.3 is 0 Å². The first kappa shape index (κ1) is 57.8. The van der Waals surface area contributed by atoms with Crippen molar-refractivity contribution in [1.82, 2.24) is 5.32 Å². The third-order valence-corrected chi connectivity index (χ3v) is 12.5. The summed E-state index contributed by atoms with van der Waals surface area (Å²) in [6.45, 7) is 4.19. The first-order chi connectivity index (χ1) is 29.0. The highest BCUT2D eigenvalue weighted by molar-refractivity contribution is 5.76. The molecule has 0 aliphatic rings. The first-order valence-electron chi connectivity index (χ1n) is 26.6. The molecule has 0 saturated carbocycles. The van der Waals surface area contributed by atoms with Crippen molar-refractivity contribution in [2.45, 2.75) is 308 Å². The molecule has 5 nitrogen and oxygen atoms in total. The fourth-order valence-corrected chi connectivity index (χ4v) is 8.50. The highest BCUT2D eigenvalue weighted by Gasteiger charge is 2.21. The van der Waals surface area contributed by atoms with Crippen LogP contribution >= 0.6 is 0 Å². The van der Waals surface area contributed by atoms with E-state index in [1.807, 2.05) is 0 Å². The number of hydrogen-bond acceptors (Lipinski definition) is 4. The Morgan fingerprint density at radius 1 is 0.441 bits per heavy atom. The van der Waals surface area contributed by atoms with E-state index in [-0.39, 0.29) is 18.9 Å². The lowest BCUT2D eigenvalue weighted by Crippen LogP contribution is -2.46. The number of nitrogens with one attached hydrogen (secondary N) is 1. The number of unbranched alkanes of at least 4 members (excludes halogenated alkanes) is 36. The molecule has 0 aromatic rings. The third-order valence-electron chi connectivity index (χ3n) is 12.5. The summed E-state index contributed by atoms with van der Waals surface area (Å²) in [5.41, 5.74) is 0. The Morgan fingerprint density at radius 3 is 1.15 bits per heavy atom. The molecule has 0 spiro atoms. The molecule has 3 unspecified atom stereocenters. The minimum atomic E-state index is -0.749. The molecule has 4 N–H and O–H groups in total. The van der Waals surface area contributed by atoms with E-state index in [9.17, 15) is 20.1 Å². The monoisotopic (exact) mass is 832 g/mol. The van der Waals surface area contributed by atoms with Gasteiger partial charge < -0.3 is 20.6 Å². The maximum atomic E-state index is 12.5. The summed E-state index contributed by atoms with van der Waals surface area (Å²) in [6.07, 6.45) is 61.8. The second-order valence-corrected chi connectivity index (χ2v) is 18.5. The van der Waals surface area contributed by atoms with Gasteiger partial charge in [0.15, 0.2) is 0 Å². The topological polar surface area (TPSA) is 89.8 Å². The van der Waals surface area contributed by atoms with Crippen LogP contribution < -0.4 is 5.32 Å². The Morgan fingerprint density at radius 2 is 0.780 bits per heavy atom. The molecule has 0 radical (unpaired) electrons. The number of aliphatic hydroxyl groups is 3. The summed E-state index contributed by atoms with van der Waals surface area (Å²) in [4.78, 5) is 12.5. The van der Waals surface area contributed by atoms with E-state index in [0.29, 0.717) is 12.8 Å². The Hall–Kier alpha value is -1.17.